The summed E-state index contributed by atoms with van der Waals surface area (Å²) >= 11 is 4.87. The summed E-state index contributed by atoms with van der Waals surface area (Å²) in [5, 5.41) is 0. The third kappa shape index (κ3) is 3.16. The van der Waals surface area contributed by atoms with Gasteiger partial charge in [0.2, 0.25) is 0 Å². The van der Waals surface area contributed by atoms with E-state index in [1.165, 1.54) is 12.1 Å². The number of hydrogen-bond acceptors (Lipinski definition) is 2. The van der Waals surface area contributed by atoms with Crippen molar-refractivity contribution in [3.05, 3.63) is 29.6 Å². The Kier molecular flexibility index (Phi) is 4.03. The Morgan fingerprint density at radius 3 is 2.80 bits per heavy atom. The van der Waals surface area contributed by atoms with E-state index in [2.05, 4.69) is 0 Å². The minimum absolute atomic E-state index is 0.0377. The number of rotatable bonds is 4. The molecule has 1 atom stereocenters. The first kappa shape index (κ1) is 11.9. The van der Waals surface area contributed by atoms with Gasteiger partial charge < -0.3 is 10.5 Å². The van der Waals surface area contributed by atoms with E-state index < -0.39 is 0 Å². The van der Waals surface area contributed by atoms with Crippen molar-refractivity contribution in [3.63, 3.8) is 0 Å². The molecule has 1 aromatic rings. The van der Waals surface area contributed by atoms with Crippen LogP contribution in [-0.2, 0) is 6.42 Å². The highest BCUT2D eigenvalue weighted by atomic mass is 32.1. The molecule has 0 saturated heterocycles. The molecule has 82 valence electrons. The minimum Gasteiger partial charge on any atom is -0.496 e. The summed E-state index contributed by atoms with van der Waals surface area (Å²) in [6, 6.07) is 4.43. The lowest BCUT2D eigenvalue weighted by atomic mass is 10.0. The summed E-state index contributed by atoms with van der Waals surface area (Å²) < 4.78 is 18.1. The van der Waals surface area contributed by atoms with E-state index >= 15 is 0 Å². The van der Waals surface area contributed by atoms with Crippen LogP contribution in [0.4, 0.5) is 4.39 Å². The number of halogens is 1. The molecule has 1 unspecified atom stereocenters. The molecule has 0 aliphatic carbocycles. The van der Waals surface area contributed by atoms with Gasteiger partial charge in [0.05, 0.1) is 12.1 Å². The third-order valence-electron chi connectivity index (χ3n) is 2.25. The maximum atomic E-state index is 13.0. The molecule has 0 aliphatic heterocycles. The van der Waals surface area contributed by atoms with Crippen LogP contribution in [0, 0.1) is 11.7 Å². The Labute approximate surface area is 94.2 Å². The number of methoxy groups -OCH3 is 1. The van der Waals surface area contributed by atoms with Gasteiger partial charge in [0, 0.05) is 5.92 Å². The zero-order chi connectivity index (χ0) is 11.4. The van der Waals surface area contributed by atoms with Gasteiger partial charge in [0.25, 0.3) is 0 Å². The SMILES string of the molecule is COc1ccc(F)cc1CC(C)C(N)=S. The minimum atomic E-state index is -0.277. The standard InChI is InChI=1S/C11H14FNOS/c1-7(11(13)15)5-8-6-9(12)3-4-10(8)14-2/h3-4,6-7H,5H2,1-2H3,(H2,13,15). The van der Waals surface area contributed by atoms with Crippen molar-refractivity contribution >= 4 is 17.2 Å². The van der Waals surface area contributed by atoms with E-state index in [-0.39, 0.29) is 11.7 Å². The van der Waals surface area contributed by atoms with Crippen LogP contribution in [0.5, 0.6) is 5.75 Å². The molecule has 0 heterocycles. The molecule has 0 amide bonds. The van der Waals surface area contributed by atoms with Crippen LogP contribution in [-0.4, -0.2) is 12.1 Å². The molecule has 0 fully saturated rings. The van der Waals surface area contributed by atoms with Gasteiger partial charge in [-0.2, -0.15) is 0 Å². The molecule has 2 N–H and O–H groups in total. The van der Waals surface area contributed by atoms with E-state index in [1.807, 2.05) is 6.92 Å². The maximum absolute atomic E-state index is 13.0. The van der Waals surface area contributed by atoms with Gasteiger partial charge >= 0.3 is 0 Å². The van der Waals surface area contributed by atoms with Gasteiger partial charge in [0.15, 0.2) is 0 Å². The average molecular weight is 227 g/mol. The fourth-order valence-electron chi connectivity index (χ4n) is 1.34. The second-order valence-corrected chi connectivity index (χ2v) is 3.94. The van der Waals surface area contributed by atoms with Crippen molar-refractivity contribution < 1.29 is 9.13 Å². The van der Waals surface area contributed by atoms with E-state index in [0.717, 1.165) is 5.56 Å². The maximum Gasteiger partial charge on any atom is 0.123 e. The van der Waals surface area contributed by atoms with Gasteiger partial charge in [-0.15, -0.1) is 0 Å². The molecule has 4 heteroatoms. The van der Waals surface area contributed by atoms with Crippen molar-refractivity contribution in [2.75, 3.05) is 7.11 Å². The van der Waals surface area contributed by atoms with Crippen molar-refractivity contribution in [1.82, 2.24) is 0 Å². The van der Waals surface area contributed by atoms with E-state index in [9.17, 15) is 4.39 Å². The highest BCUT2D eigenvalue weighted by Crippen LogP contribution is 2.22. The molecule has 0 radical (unpaired) electrons. The number of benzene rings is 1. The molecule has 0 spiro atoms. The predicted octanol–water partition coefficient (Wildman–Crippen LogP) is 2.30. The van der Waals surface area contributed by atoms with Crippen molar-refractivity contribution in [3.8, 4) is 5.75 Å². The molecular weight excluding hydrogens is 213 g/mol. The van der Waals surface area contributed by atoms with Crippen LogP contribution in [0.15, 0.2) is 18.2 Å². The van der Waals surface area contributed by atoms with Crippen LogP contribution in [0.1, 0.15) is 12.5 Å². The summed E-state index contributed by atoms with van der Waals surface area (Å²) in [6.07, 6.45) is 0.594. The molecule has 2 nitrogen and oxygen atoms in total. The van der Waals surface area contributed by atoms with Gasteiger partial charge in [-0.1, -0.05) is 19.1 Å². The summed E-state index contributed by atoms with van der Waals surface area (Å²) in [5.41, 5.74) is 6.30. The molecule has 0 aliphatic rings. The largest absolute Gasteiger partial charge is 0.496 e. The first-order valence-corrected chi connectivity index (χ1v) is 5.07. The molecule has 15 heavy (non-hydrogen) atoms. The van der Waals surface area contributed by atoms with E-state index in [1.54, 1.807) is 13.2 Å². The lowest BCUT2D eigenvalue weighted by Crippen LogP contribution is -2.20. The van der Waals surface area contributed by atoms with Gasteiger partial charge in [0.1, 0.15) is 11.6 Å². The topological polar surface area (TPSA) is 35.2 Å². The average Bonchev–Trinajstić information content (AvgIpc) is 2.18. The lowest BCUT2D eigenvalue weighted by Gasteiger charge is -2.12. The van der Waals surface area contributed by atoms with E-state index in [4.69, 9.17) is 22.7 Å². The number of nitrogens with two attached hydrogens (primary N) is 1. The van der Waals surface area contributed by atoms with Crippen LogP contribution < -0.4 is 10.5 Å². The van der Waals surface area contributed by atoms with Crippen LogP contribution in [0.25, 0.3) is 0 Å². The highest BCUT2D eigenvalue weighted by Gasteiger charge is 2.11. The summed E-state index contributed by atoms with van der Waals surface area (Å²) in [7, 11) is 1.56. The molecule has 0 aromatic heterocycles. The summed E-state index contributed by atoms with van der Waals surface area (Å²) in [4.78, 5) is 0.432. The zero-order valence-corrected chi connectivity index (χ0v) is 9.60. The fraction of sp³-hybridized carbons (Fsp3) is 0.364. The van der Waals surface area contributed by atoms with Crippen LogP contribution >= 0.6 is 12.2 Å². The Hall–Kier alpha value is -1.16. The number of ether oxygens (including phenoxy) is 1. The smallest absolute Gasteiger partial charge is 0.123 e. The Bertz CT molecular complexity index is 368. The van der Waals surface area contributed by atoms with Gasteiger partial charge in [-0.25, -0.2) is 4.39 Å². The highest BCUT2D eigenvalue weighted by molar-refractivity contribution is 7.80. The van der Waals surface area contributed by atoms with Crippen molar-refractivity contribution in [2.45, 2.75) is 13.3 Å². The predicted molar refractivity (Wildman–Crippen MR) is 62.6 cm³/mol. The van der Waals surface area contributed by atoms with Crippen LogP contribution in [0.3, 0.4) is 0 Å². The lowest BCUT2D eigenvalue weighted by molar-refractivity contribution is 0.407. The zero-order valence-electron chi connectivity index (χ0n) is 8.79. The van der Waals surface area contributed by atoms with Gasteiger partial charge in [-0.3, -0.25) is 0 Å². The summed E-state index contributed by atoms with van der Waals surface area (Å²) in [5.74, 6) is 0.427. The third-order valence-corrected chi connectivity index (χ3v) is 2.66. The molecule has 1 aromatic carbocycles. The molecular formula is C11H14FNOS. The second-order valence-electron chi connectivity index (χ2n) is 3.46. The molecule has 1 rings (SSSR count). The monoisotopic (exact) mass is 227 g/mol. The summed E-state index contributed by atoms with van der Waals surface area (Å²) in [6.45, 7) is 1.91. The first-order valence-electron chi connectivity index (χ1n) is 4.66. The second kappa shape index (κ2) is 5.07. The normalized spacial score (nSPS) is 12.2. The van der Waals surface area contributed by atoms with E-state index in [0.29, 0.717) is 17.2 Å². The molecule has 0 saturated carbocycles. The van der Waals surface area contributed by atoms with Gasteiger partial charge in [-0.05, 0) is 30.2 Å². The Morgan fingerprint density at radius 1 is 1.60 bits per heavy atom. The number of hydrogen-bond donors (Lipinski definition) is 1. The number of thiocarbonyl (C=S) groups is 1. The van der Waals surface area contributed by atoms with Crippen LogP contribution in [0.2, 0.25) is 0 Å². The quantitative estimate of drug-likeness (QED) is 0.802. The first-order chi connectivity index (χ1) is 7.04. The van der Waals surface area contributed by atoms with Crippen molar-refractivity contribution in [1.29, 1.82) is 0 Å². The fourth-order valence-corrected chi connectivity index (χ4v) is 1.42. The molecule has 0 bridgehead atoms. The Morgan fingerprint density at radius 2 is 2.27 bits per heavy atom. The Balaban J connectivity index is 2.91. The van der Waals surface area contributed by atoms with Crippen molar-refractivity contribution in [2.24, 2.45) is 11.7 Å².